The molecule has 0 atom stereocenters. The molecule has 116 valence electrons. The van der Waals surface area contributed by atoms with Gasteiger partial charge in [-0.1, -0.05) is 0 Å². The van der Waals surface area contributed by atoms with Gasteiger partial charge in [-0.2, -0.15) is 0 Å². The topological polar surface area (TPSA) is 82.9 Å². The number of ether oxygens (including phenoxy) is 3. The van der Waals surface area contributed by atoms with Crippen molar-refractivity contribution in [1.29, 1.82) is 0 Å². The van der Waals surface area contributed by atoms with Crippen LogP contribution in [0.15, 0.2) is 12.1 Å². The molecule has 1 aliphatic rings. The van der Waals surface area contributed by atoms with Gasteiger partial charge >= 0.3 is 5.69 Å². The number of nitro groups is 1. The second-order valence-electron chi connectivity index (χ2n) is 4.94. The summed E-state index contributed by atoms with van der Waals surface area (Å²) in [6.45, 7) is 2.39. The van der Waals surface area contributed by atoms with E-state index >= 15 is 0 Å². The van der Waals surface area contributed by atoms with E-state index in [1.807, 2.05) is 0 Å². The standard InChI is InChI=1S/C14H20N2O5/c1-19-13-7-11(16(17)18)12(8-14(13)20-2)21-9-10-3-5-15-6-4-10/h7-8,10,15H,3-6,9H2,1-2H3. The monoisotopic (exact) mass is 296 g/mol. The van der Waals surface area contributed by atoms with Crippen LogP contribution in [0.1, 0.15) is 12.8 Å². The minimum absolute atomic E-state index is 0.110. The number of rotatable bonds is 6. The Morgan fingerprint density at radius 1 is 1.19 bits per heavy atom. The summed E-state index contributed by atoms with van der Waals surface area (Å²) in [6, 6.07) is 2.84. The molecule has 1 saturated heterocycles. The molecule has 0 spiro atoms. The van der Waals surface area contributed by atoms with E-state index in [4.69, 9.17) is 14.2 Å². The fourth-order valence-electron chi connectivity index (χ4n) is 2.36. The number of nitro benzene ring substituents is 1. The predicted molar refractivity (Wildman–Crippen MR) is 77.3 cm³/mol. The Bertz CT molecular complexity index is 500. The smallest absolute Gasteiger partial charge is 0.314 e. The number of hydrogen-bond acceptors (Lipinski definition) is 6. The van der Waals surface area contributed by atoms with Gasteiger partial charge in [-0.3, -0.25) is 10.1 Å². The zero-order valence-corrected chi connectivity index (χ0v) is 12.3. The van der Waals surface area contributed by atoms with Crippen LogP contribution >= 0.6 is 0 Å². The predicted octanol–water partition coefficient (Wildman–Crippen LogP) is 1.99. The molecule has 2 rings (SSSR count). The molecule has 1 N–H and O–H groups in total. The Kier molecular flexibility index (Phi) is 5.21. The van der Waals surface area contributed by atoms with Gasteiger partial charge in [0.2, 0.25) is 5.75 Å². The lowest BCUT2D eigenvalue weighted by Crippen LogP contribution is -2.30. The molecule has 0 aromatic heterocycles. The normalized spacial score (nSPS) is 15.5. The second kappa shape index (κ2) is 7.12. The molecular weight excluding hydrogens is 276 g/mol. The Morgan fingerprint density at radius 3 is 2.38 bits per heavy atom. The van der Waals surface area contributed by atoms with E-state index in [1.165, 1.54) is 26.4 Å². The number of benzene rings is 1. The average Bonchev–Trinajstić information content (AvgIpc) is 2.52. The lowest BCUT2D eigenvalue weighted by atomic mass is 9.99. The van der Waals surface area contributed by atoms with Gasteiger partial charge in [-0.05, 0) is 31.8 Å². The molecular formula is C14H20N2O5. The van der Waals surface area contributed by atoms with Crippen LogP contribution in [0.3, 0.4) is 0 Å². The molecule has 0 aliphatic carbocycles. The minimum Gasteiger partial charge on any atom is -0.493 e. The van der Waals surface area contributed by atoms with Gasteiger partial charge in [0.05, 0.1) is 31.8 Å². The first-order valence-electron chi connectivity index (χ1n) is 6.89. The van der Waals surface area contributed by atoms with Crippen molar-refractivity contribution in [2.24, 2.45) is 5.92 Å². The molecule has 7 heteroatoms. The van der Waals surface area contributed by atoms with Crippen LogP contribution in [0.25, 0.3) is 0 Å². The van der Waals surface area contributed by atoms with E-state index in [2.05, 4.69) is 5.32 Å². The molecule has 0 bridgehead atoms. The van der Waals surface area contributed by atoms with Crippen LogP contribution in [0, 0.1) is 16.0 Å². The summed E-state index contributed by atoms with van der Waals surface area (Å²) >= 11 is 0. The van der Waals surface area contributed by atoms with Gasteiger partial charge in [0, 0.05) is 6.07 Å². The Balaban J connectivity index is 2.17. The second-order valence-corrected chi connectivity index (χ2v) is 4.94. The molecule has 1 aliphatic heterocycles. The number of nitrogens with one attached hydrogen (secondary N) is 1. The third-order valence-corrected chi connectivity index (χ3v) is 3.60. The third-order valence-electron chi connectivity index (χ3n) is 3.60. The molecule has 7 nitrogen and oxygen atoms in total. The lowest BCUT2D eigenvalue weighted by molar-refractivity contribution is -0.386. The minimum atomic E-state index is -0.473. The number of hydrogen-bond donors (Lipinski definition) is 1. The first-order valence-corrected chi connectivity index (χ1v) is 6.89. The van der Waals surface area contributed by atoms with Crippen molar-refractivity contribution in [2.45, 2.75) is 12.8 Å². The van der Waals surface area contributed by atoms with Crippen LogP contribution in [-0.2, 0) is 0 Å². The molecule has 1 fully saturated rings. The Labute approximate surface area is 123 Å². The fraction of sp³-hybridized carbons (Fsp3) is 0.571. The van der Waals surface area contributed by atoms with Gasteiger partial charge < -0.3 is 19.5 Å². The maximum atomic E-state index is 11.2. The van der Waals surface area contributed by atoms with E-state index < -0.39 is 4.92 Å². The van der Waals surface area contributed by atoms with Gasteiger partial charge in [0.1, 0.15) is 0 Å². The van der Waals surface area contributed by atoms with Crippen LogP contribution in [0.2, 0.25) is 0 Å². The van der Waals surface area contributed by atoms with Crippen LogP contribution in [-0.4, -0.2) is 38.8 Å². The van der Waals surface area contributed by atoms with Crippen molar-refractivity contribution in [1.82, 2.24) is 5.32 Å². The zero-order valence-electron chi connectivity index (χ0n) is 12.3. The first-order chi connectivity index (χ1) is 10.2. The maximum Gasteiger partial charge on any atom is 0.314 e. The Hall–Kier alpha value is -2.02. The number of piperidine rings is 1. The lowest BCUT2D eigenvalue weighted by Gasteiger charge is -2.22. The highest BCUT2D eigenvalue weighted by Gasteiger charge is 2.22. The number of methoxy groups -OCH3 is 2. The maximum absolute atomic E-state index is 11.2. The molecule has 21 heavy (non-hydrogen) atoms. The van der Waals surface area contributed by atoms with Crippen LogP contribution in [0.4, 0.5) is 5.69 Å². The van der Waals surface area contributed by atoms with Gasteiger partial charge in [0.15, 0.2) is 11.5 Å². The summed E-state index contributed by atoms with van der Waals surface area (Å²) in [5.74, 6) is 1.37. The molecule has 1 aromatic carbocycles. The van der Waals surface area contributed by atoms with Crippen molar-refractivity contribution in [2.75, 3.05) is 33.9 Å². The first kappa shape index (κ1) is 15.4. The average molecular weight is 296 g/mol. The van der Waals surface area contributed by atoms with Crippen molar-refractivity contribution in [3.8, 4) is 17.2 Å². The van der Waals surface area contributed by atoms with E-state index in [-0.39, 0.29) is 11.4 Å². The van der Waals surface area contributed by atoms with Gasteiger partial charge in [-0.25, -0.2) is 0 Å². The summed E-state index contributed by atoms with van der Waals surface area (Å²) in [5, 5.41) is 14.4. The van der Waals surface area contributed by atoms with Crippen LogP contribution < -0.4 is 19.5 Å². The van der Waals surface area contributed by atoms with E-state index in [0.717, 1.165) is 25.9 Å². The molecule has 0 amide bonds. The Morgan fingerprint density at radius 2 is 1.81 bits per heavy atom. The van der Waals surface area contributed by atoms with Gasteiger partial charge in [0.25, 0.3) is 0 Å². The van der Waals surface area contributed by atoms with Crippen molar-refractivity contribution in [3.05, 3.63) is 22.2 Å². The zero-order chi connectivity index (χ0) is 15.2. The number of nitrogens with zero attached hydrogens (tertiary/aromatic N) is 1. The fourth-order valence-corrected chi connectivity index (χ4v) is 2.36. The van der Waals surface area contributed by atoms with E-state index in [9.17, 15) is 10.1 Å². The summed E-state index contributed by atoms with van der Waals surface area (Å²) in [4.78, 5) is 10.7. The largest absolute Gasteiger partial charge is 0.493 e. The van der Waals surface area contributed by atoms with E-state index in [0.29, 0.717) is 24.0 Å². The van der Waals surface area contributed by atoms with Crippen LogP contribution in [0.5, 0.6) is 17.2 Å². The van der Waals surface area contributed by atoms with Crippen molar-refractivity contribution < 1.29 is 19.1 Å². The van der Waals surface area contributed by atoms with Gasteiger partial charge in [-0.15, -0.1) is 0 Å². The summed E-state index contributed by atoms with van der Waals surface area (Å²) in [7, 11) is 2.93. The van der Waals surface area contributed by atoms with Crippen molar-refractivity contribution >= 4 is 5.69 Å². The highest BCUT2D eigenvalue weighted by molar-refractivity contribution is 5.58. The molecule has 0 unspecified atom stereocenters. The summed E-state index contributed by atoms with van der Waals surface area (Å²) in [5.41, 5.74) is -0.110. The molecule has 0 saturated carbocycles. The summed E-state index contributed by atoms with van der Waals surface area (Å²) < 4.78 is 15.9. The van der Waals surface area contributed by atoms with E-state index in [1.54, 1.807) is 0 Å². The molecule has 0 radical (unpaired) electrons. The highest BCUT2D eigenvalue weighted by atomic mass is 16.6. The van der Waals surface area contributed by atoms with Crippen molar-refractivity contribution in [3.63, 3.8) is 0 Å². The quantitative estimate of drug-likeness (QED) is 0.638. The molecule has 1 heterocycles. The summed E-state index contributed by atoms with van der Waals surface area (Å²) in [6.07, 6.45) is 2.03. The molecule has 1 aromatic rings. The highest BCUT2D eigenvalue weighted by Crippen LogP contribution is 2.39. The SMILES string of the molecule is COc1cc(OCC2CCNCC2)c([N+](=O)[O-])cc1OC. The third kappa shape index (κ3) is 3.75.